The average molecular weight is 1010 g/mol. The number of amides is 1. The Morgan fingerprint density at radius 2 is 1.62 bits per heavy atom. The average Bonchev–Trinajstić information content (AvgIpc) is 3.88. The van der Waals surface area contributed by atoms with Crippen LogP contribution in [0, 0.1) is 23.7 Å². The van der Waals surface area contributed by atoms with Gasteiger partial charge in [0.15, 0.2) is 18.3 Å². The van der Waals surface area contributed by atoms with Gasteiger partial charge in [-0.1, -0.05) is 38.9 Å². The van der Waals surface area contributed by atoms with Crippen molar-refractivity contribution in [1.82, 2.24) is 14.7 Å². The number of likely N-dealkylation sites (N-methyl/N-ethyl adjacent to an activating group) is 1. The Morgan fingerprint density at radius 1 is 0.944 bits per heavy atom. The van der Waals surface area contributed by atoms with E-state index in [-0.39, 0.29) is 44.7 Å². The number of nitrogens with zero attached hydrogens (tertiary/aromatic N) is 4. The number of aliphatic hydroxyl groups excluding tert-OH is 4. The monoisotopic (exact) mass is 1010 g/mol. The summed E-state index contributed by atoms with van der Waals surface area (Å²) in [6.45, 7) is 21.8. The predicted octanol–water partition coefficient (Wildman–Crippen LogP) is 2.56. The second kappa shape index (κ2) is 25.4. The van der Waals surface area contributed by atoms with Crippen molar-refractivity contribution < 1.29 is 77.9 Å². The van der Waals surface area contributed by atoms with Crippen molar-refractivity contribution in [3.05, 3.63) is 36.3 Å². The maximum atomic E-state index is 14.6. The van der Waals surface area contributed by atoms with Crippen molar-refractivity contribution in [2.24, 2.45) is 28.8 Å². The topological polar surface area (TPSA) is 255 Å². The highest BCUT2D eigenvalue weighted by Crippen LogP contribution is 2.41. The van der Waals surface area contributed by atoms with Crippen molar-refractivity contribution >= 4 is 17.6 Å². The van der Waals surface area contributed by atoms with E-state index in [1.165, 1.54) is 31.3 Å². The minimum atomic E-state index is -2.00. The number of methoxy groups -OCH3 is 1. The fourth-order valence-electron chi connectivity index (χ4n) is 11.0. The van der Waals surface area contributed by atoms with Gasteiger partial charge in [0.25, 0.3) is 5.91 Å². The molecule has 4 saturated heterocycles. The summed E-state index contributed by atoms with van der Waals surface area (Å²) in [6.07, 6.45) is -5.92. The van der Waals surface area contributed by atoms with E-state index < -0.39 is 120 Å². The van der Waals surface area contributed by atoms with E-state index in [4.69, 9.17) is 37.7 Å². The molecule has 0 saturated carbocycles. The van der Waals surface area contributed by atoms with Crippen molar-refractivity contribution in [3.63, 3.8) is 0 Å². The number of aliphatic hydroxyl groups is 6. The third-order valence-corrected chi connectivity index (χ3v) is 15.5. The summed E-state index contributed by atoms with van der Waals surface area (Å²) in [5.74, 6) is -4.82. The van der Waals surface area contributed by atoms with E-state index in [9.17, 15) is 40.2 Å². The molecule has 0 aliphatic carbocycles. The smallest absolute Gasteiger partial charge is 0.311 e. The molecule has 4 aliphatic rings. The van der Waals surface area contributed by atoms with Crippen molar-refractivity contribution in [2.75, 3.05) is 66.6 Å². The first-order chi connectivity index (χ1) is 33.4. The molecular formula is C51H86N4O16. The van der Waals surface area contributed by atoms with Gasteiger partial charge in [0.05, 0.1) is 72.3 Å². The molecule has 4 aliphatic heterocycles. The van der Waals surface area contributed by atoms with Gasteiger partial charge >= 0.3 is 5.97 Å². The largest absolute Gasteiger partial charge is 0.459 e. The van der Waals surface area contributed by atoms with Gasteiger partial charge in [0.1, 0.15) is 30.5 Å². The lowest BCUT2D eigenvalue weighted by Crippen LogP contribution is -2.61. The van der Waals surface area contributed by atoms with Crippen molar-refractivity contribution in [2.45, 2.75) is 179 Å². The van der Waals surface area contributed by atoms with Crippen LogP contribution in [0.5, 0.6) is 0 Å². The Morgan fingerprint density at radius 3 is 2.24 bits per heavy atom. The molecule has 5 heterocycles. The summed E-state index contributed by atoms with van der Waals surface area (Å²) in [6, 6.07) is 2.31. The van der Waals surface area contributed by atoms with Crippen LogP contribution in [0.25, 0.3) is 0 Å². The number of oxime groups is 1. The summed E-state index contributed by atoms with van der Waals surface area (Å²) in [4.78, 5) is 39.9. The molecule has 1 amide bonds. The Hall–Kier alpha value is -3.09. The maximum absolute atomic E-state index is 14.6. The number of hydrogen-bond donors (Lipinski definition) is 6. The molecule has 20 nitrogen and oxygen atoms in total. The highest BCUT2D eigenvalue weighted by molar-refractivity contribution is 5.91. The van der Waals surface area contributed by atoms with Crippen LogP contribution in [0.2, 0.25) is 0 Å². The van der Waals surface area contributed by atoms with E-state index in [0.29, 0.717) is 18.8 Å². The number of esters is 1. The summed E-state index contributed by atoms with van der Waals surface area (Å²) < 4.78 is 43.4. The Balaban J connectivity index is 1.54. The van der Waals surface area contributed by atoms with E-state index in [0.717, 1.165) is 26.2 Å². The first-order valence-electron chi connectivity index (χ1n) is 25.5. The summed E-state index contributed by atoms with van der Waals surface area (Å²) >= 11 is 0. The van der Waals surface area contributed by atoms with Crippen LogP contribution >= 0.6 is 0 Å². The number of carbonyl (C=O) groups is 2. The van der Waals surface area contributed by atoms with Gasteiger partial charge in [0.2, 0.25) is 0 Å². The number of cyclic esters (lactones) is 1. The molecule has 0 bridgehead atoms. The standard InChI is InChI=1S/C51H86N4O16/c1-13-38-51(10,63)43(58)32(4)40(52-66-26-15-14-18-54-19-21-55(22-20-54)23-24-56)30(2)28-49(8,62)45(71-48-41(57)36(27-31(3)67-48)53(11)46(60)37-17-16-25-65-37)33(5)42(34(6)47(61)69-38)70-39-29-50(9,64-12)44(59)35(7)68-39/h14-17,25,30-36,38-39,41-45,48,56-59,62-63H,13,18-24,26-29H2,1-12H3/b15-14+,52-40+/t30-,31-,32+,33+,34-,35+,36+,38-,39+,41-,42+,43-,44+,45-,48+,49+,50-,51-/m1/s1. The Labute approximate surface area is 420 Å². The summed E-state index contributed by atoms with van der Waals surface area (Å²) in [7, 11) is 3.03. The molecule has 71 heavy (non-hydrogen) atoms. The van der Waals surface area contributed by atoms with Crippen LogP contribution in [-0.2, 0) is 38.1 Å². The minimum Gasteiger partial charge on any atom is -0.459 e. The van der Waals surface area contributed by atoms with Crippen LogP contribution in [0.3, 0.4) is 0 Å². The van der Waals surface area contributed by atoms with Crippen molar-refractivity contribution in [1.29, 1.82) is 0 Å². The minimum absolute atomic E-state index is 0.0480. The second-order valence-electron chi connectivity index (χ2n) is 21.1. The fraction of sp³-hybridized carbons (Fsp3) is 0.824. The van der Waals surface area contributed by atoms with E-state index in [2.05, 4.69) is 15.0 Å². The molecule has 1 aromatic heterocycles. The van der Waals surface area contributed by atoms with E-state index >= 15 is 0 Å². The molecule has 5 rings (SSSR count). The number of piperazine rings is 1. The van der Waals surface area contributed by atoms with Gasteiger partial charge < -0.3 is 73.2 Å². The lowest BCUT2D eigenvalue weighted by atomic mass is 9.73. The van der Waals surface area contributed by atoms with Gasteiger partial charge in [-0.25, -0.2) is 0 Å². The fourth-order valence-corrected chi connectivity index (χ4v) is 11.0. The van der Waals surface area contributed by atoms with Crippen LogP contribution in [0.4, 0.5) is 0 Å². The highest BCUT2D eigenvalue weighted by atomic mass is 16.7. The van der Waals surface area contributed by atoms with Crippen molar-refractivity contribution in [3.8, 4) is 0 Å². The van der Waals surface area contributed by atoms with Gasteiger partial charge in [0, 0.05) is 77.6 Å². The predicted molar refractivity (Wildman–Crippen MR) is 261 cm³/mol. The third kappa shape index (κ3) is 14.2. The van der Waals surface area contributed by atoms with E-state index in [1.54, 1.807) is 68.5 Å². The van der Waals surface area contributed by atoms with Crippen LogP contribution in [0.15, 0.2) is 40.1 Å². The number of rotatable bonds is 15. The summed E-state index contributed by atoms with van der Waals surface area (Å²) in [5, 5.41) is 74.4. The first-order valence-corrected chi connectivity index (χ1v) is 25.5. The zero-order chi connectivity index (χ0) is 52.6. The molecule has 406 valence electrons. The van der Waals surface area contributed by atoms with Gasteiger partial charge in [-0.15, -0.1) is 0 Å². The highest BCUT2D eigenvalue weighted by Gasteiger charge is 2.54. The molecule has 20 heteroatoms. The quantitative estimate of drug-likeness (QED) is 0.0639. The van der Waals surface area contributed by atoms with E-state index in [1.807, 2.05) is 19.1 Å². The van der Waals surface area contributed by atoms with Crippen LogP contribution in [-0.4, -0.2) is 214 Å². The molecule has 18 atom stereocenters. The normalized spacial score (nSPS) is 41.4. The molecule has 0 radical (unpaired) electrons. The molecule has 0 unspecified atom stereocenters. The Bertz CT molecular complexity index is 1880. The second-order valence-corrected chi connectivity index (χ2v) is 21.1. The molecule has 6 N–H and O–H groups in total. The Kier molecular flexibility index (Phi) is 21.1. The number of β-amino-alcohol motifs (C(OH)–C–C–N with tert-alkyl or cyclic N) is 1. The number of ether oxygens (including phenoxy) is 6. The number of carbonyl (C=O) groups excluding carboxylic acids is 2. The first kappa shape index (κ1) is 58.8. The maximum Gasteiger partial charge on any atom is 0.311 e. The SMILES string of the molecule is CC[C@H]1OC(=O)[C@H](C)[C@@H](O[C@H]2C[C@@](C)(OC)[C@@H](O)[C@H](C)O2)[C@H](C)[C@@H](O[C@@H]2O[C@H](C)C[C@H](N(C)C(=O)c3ccco3)[C@H]2O)[C@@](C)(O)C[C@@H](C)/C(=N\OC/C=C/CN2CCN(CCO)CC2)[C@H](C)[C@@H](O)[C@]1(C)O. The zero-order valence-corrected chi connectivity index (χ0v) is 44.1. The van der Waals surface area contributed by atoms with Crippen LogP contribution < -0.4 is 0 Å². The number of furan rings is 1. The van der Waals surface area contributed by atoms with Gasteiger partial charge in [-0.3, -0.25) is 19.4 Å². The van der Waals surface area contributed by atoms with Gasteiger partial charge in [-0.05, 0) is 79.0 Å². The van der Waals surface area contributed by atoms with Gasteiger partial charge in [-0.2, -0.15) is 0 Å². The lowest BCUT2D eigenvalue weighted by molar-refractivity contribution is -0.317. The number of hydrogen-bond acceptors (Lipinski definition) is 19. The molecule has 0 aromatic carbocycles. The molecule has 0 spiro atoms. The zero-order valence-electron chi connectivity index (χ0n) is 44.1. The molecular weight excluding hydrogens is 925 g/mol. The molecule has 4 fully saturated rings. The lowest BCUT2D eigenvalue weighted by Gasteiger charge is -2.49. The van der Waals surface area contributed by atoms with Crippen LogP contribution in [0.1, 0.15) is 105 Å². The molecule has 1 aromatic rings. The third-order valence-electron chi connectivity index (χ3n) is 15.5. The summed E-state index contributed by atoms with van der Waals surface area (Å²) in [5.41, 5.74) is -4.68.